The largest absolute Gasteiger partial charge is 0.496 e. The number of carboxylic acid groups (broad SMARTS) is 1. The molecule has 0 aromatic heterocycles. The molecular weight excluding hydrogens is 248 g/mol. The Labute approximate surface area is 113 Å². The van der Waals surface area contributed by atoms with E-state index >= 15 is 0 Å². The second-order valence-electron chi connectivity index (χ2n) is 4.79. The SMILES string of the molecule is COc1ccccc1SCCCC(C)(C)C(=O)O. The topological polar surface area (TPSA) is 46.5 Å². The smallest absolute Gasteiger partial charge is 0.309 e. The number of methoxy groups -OCH3 is 1. The van der Waals surface area contributed by atoms with Crippen molar-refractivity contribution in [2.45, 2.75) is 31.6 Å². The van der Waals surface area contributed by atoms with Crippen LogP contribution in [0.5, 0.6) is 5.75 Å². The lowest BCUT2D eigenvalue weighted by Crippen LogP contribution is -2.23. The van der Waals surface area contributed by atoms with E-state index in [0.717, 1.165) is 22.8 Å². The number of carbonyl (C=O) groups is 1. The molecule has 0 saturated heterocycles. The van der Waals surface area contributed by atoms with E-state index in [0.29, 0.717) is 6.42 Å². The lowest BCUT2D eigenvalue weighted by Gasteiger charge is -2.18. The van der Waals surface area contributed by atoms with Gasteiger partial charge in [-0.2, -0.15) is 0 Å². The van der Waals surface area contributed by atoms with E-state index in [4.69, 9.17) is 9.84 Å². The van der Waals surface area contributed by atoms with Crippen LogP contribution in [0.3, 0.4) is 0 Å². The van der Waals surface area contributed by atoms with Gasteiger partial charge in [0.05, 0.1) is 12.5 Å². The molecule has 0 aliphatic rings. The number of thioether (sulfide) groups is 1. The average molecular weight is 268 g/mol. The quantitative estimate of drug-likeness (QED) is 0.605. The van der Waals surface area contributed by atoms with Crippen molar-refractivity contribution in [3.05, 3.63) is 24.3 Å². The Morgan fingerprint density at radius 2 is 2.06 bits per heavy atom. The minimum absolute atomic E-state index is 0.638. The van der Waals surface area contributed by atoms with Gasteiger partial charge in [0.2, 0.25) is 0 Å². The van der Waals surface area contributed by atoms with Crippen LogP contribution < -0.4 is 4.74 Å². The van der Waals surface area contributed by atoms with E-state index in [1.54, 1.807) is 32.7 Å². The molecule has 0 heterocycles. The molecule has 0 unspecified atom stereocenters. The monoisotopic (exact) mass is 268 g/mol. The van der Waals surface area contributed by atoms with Crippen LogP contribution in [0.2, 0.25) is 0 Å². The fourth-order valence-electron chi connectivity index (χ4n) is 1.54. The molecule has 0 spiro atoms. The summed E-state index contributed by atoms with van der Waals surface area (Å²) in [7, 11) is 1.66. The number of benzene rings is 1. The Morgan fingerprint density at radius 1 is 1.39 bits per heavy atom. The highest BCUT2D eigenvalue weighted by atomic mass is 32.2. The summed E-state index contributed by atoms with van der Waals surface area (Å²) in [6, 6.07) is 7.87. The fraction of sp³-hybridized carbons (Fsp3) is 0.500. The average Bonchev–Trinajstić information content (AvgIpc) is 2.35. The molecule has 0 fully saturated rings. The molecule has 0 atom stereocenters. The van der Waals surface area contributed by atoms with Crippen LogP contribution in [0, 0.1) is 5.41 Å². The maximum absolute atomic E-state index is 11.0. The molecular formula is C14H20O3S. The molecule has 0 saturated carbocycles. The summed E-state index contributed by atoms with van der Waals surface area (Å²) < 4.78 is 5.27. The Hall–Kier alpha value is -1.16. The highest BCUT2D eigenvalue weighted by Gasteiger charge is 2.26. The molecule has 18 heavy (non-hydrogen) atoms. The molecule has 0 aliphatic heterocycles. The predicted molar refractivity (Wildman–Crippen MR) is 74.4 cm³/mol. The summed E-state index contributed by atoms with van der Waals surface area (Å²) in [5, 5.41) is 9.01. The first-order valence-electron chi connectivity index (χ1n) is 5.96. The normalized spacial score (nSPS) is 11.3. The zero-order valence-corrected chi connectivity index (χ0v) is 11.9. The van der Waals surface area contributed by atoms with Crippen molar-refractivity contribution in [3.63, 3.8) is 0 Å². The Kier molecular flexibility index (Phi) is 5.54. The van der Waals surface area contributed by atoms with Gasteiger partial charge in [0, 0.05) is 4.90 Å². The molecule has 0 bridgehead atoms. The van der Waals surface area contributed by atoms with Crippen molar-refractivity contribution >= 4 is 17.7 Å². The summed E-state index contributed by atoms with van der Waals surface area (Å²) in [6.45, 7) is 3.53. The molecule has 1 rings (SSSR count). The van der Waals surface area contributed by atoms with Crippen LogP contribution in [-0.2, 0) is 4.79 Å². The Morgan fingerprint density at radius 3 is 2.67 bits per heavy atom. The van der Waals surface area contributed by atoms with Crippen molar-refractivity contribution in [1.82, 2.24) is 0 Å². The molecule has 1 N–H and O–H groups in total. The van der Waals surface area contributed by atoms with Crippen LogP contribution in [-0.4, -0.2) is 23.9 Å². The third-order valence-corrected chi connectivity index (χ3v) is 3.99. The summed E-state index contributed by atoms with van der Waals surface area (Å²) in [6.07, 6.45) is 1.56. The second kappa shape index (κ2) is 6.69. The number of hydrogen-bond donors (Lipinski definition) is 1. The molecule has 0 radical (unpaired) electrons. The van der Waals surface area contributed by atoms with Crippen molar-refractivity contribution in [2.75, 3.05) is 12.9 Å². The second-order valence-corrected chi connectivity index (χ2v) is 5.93. The first-order chi connectivity index (χ1) is 8.47. The lowest BCUT2D eigenvalue weighted by molar-refractivity contribution is -0.147. The third kappa shape index (κ3) is 4.26. The Bertz CT molecular complexity index is 402. The van der Waals surface area contributed by atoms with Gasteiger partial charge in [-0.3, -0.25) is 4.79 Å². The minimum atomic E-state index is -0.732. The first-order valence-corrected chi connectivity index (χ1v) is 6.95. The molecule has 0 amide bonds. The molecule has 0 aliphatic carbocycles. The summed E-state index contributed by atoms with van der Waals surface area (Å²) >= 11 is 1.71. The zero-order valence-electron chi connectivity index (χ0n) is 11.1. The number of aliphatic carboxylic acids is 1. The van der Waals surface area contributed by atoms with Crippen LogP contribution in [0.4, 0.5) is 0 Å². The zero-order chi connectivity index (χ0) is 13.6. The maximum Gasteiger partial charge on any atom is 0.309 e. The molecule has 1 aromatic carbocycles. The van der Waals surface area contributed by atoms with Crippen molar-refractivity contribution in [2.24, 2.45) is 5.41 Å². The predicted octanol–water partition coefficient (Wildman–Crippen LogP) is 3.68. The van der Waals surface area contributed by atoms with Gasteiger partial charge >= 0.3 is 5.97 Å². The number of carboxylic acids is 1. The molecule has 100 valence electrons. The van der Waals surface area contributed by atoms with E-state index in [2.05, 4.69) is 0 Å². The van der Waals surface area contributed by atoms with Crippen molar-refractivity contribution in [1.29, 1.82) is 0 Å². The Balaban J connectivity index is 2.41. The van der Waals surface area contributed by atoms with E-state index in [1.165, 1.54) is 0 Å². The summed E-state index contributed by atoms with van der Waals surface area (Å²) in [5.74, 6) is 1.04. The summed E-state index contributed by atoms with van der Waals surface area (Å²) in [4.78, 5) is 12.1. The highest BCUT2D eigenvalue weighted by Crippen LogP contribution is 2.31. The fourth-order valence-corrected chi connectivity index (χ4v) is 2.52. The van der Waals surface area contributed by atoms with Crippen LogP contribution in [0.1, 0.15) is 26.7 Å². The molecule has 3 nitrogen and oxygen atoms in total. The van der Waals surface area contributed by atoms with Gasteiger partial charge < -0.3 is 9.84 Å². The third-order valence-electron chi connectivity index (χ3n) is 2.85. The van der Waals surface area contributed by atoms with E-state index < -0.39 is 11.4 Å². The highest BCUT2D eigenvalue weighted by molar-refractivity contribution is 7.99. The van der Waals surface area contributed by atoms with E-state index in [9.17, 15) is 4.79 Å². The minimum Gasteiger partial charge on any atom is -0.496 e. The van der Waals surface area contributed by atoms with Gasteiger partial charge in [-0.15, -0.1) is 11.8 Å². The first kappa shape index (κ1) is 14.9. The van der Waals surface area contributed by atoms with Gasteiger partial charge in [0.15, 0.2) is 0 Å². The van der Waals surface area contributed by atoms with Crippen molar-refractivity contribution < 1.29 is 14.6 Å². The van der Waals surface area contributed by atoms with Crippen LogP contribution in [0.25, 0.3) is 0 Å². The van der Waals surface area contributed by atoms with E-state index in [-0.39, 0.29) is 0 Å². The van der Waals surface area contributed by atoms with Crippen LogP contribution >= 0.6 is 11.8 Å². The molecule has 1 aromatic rings. The number of hydrogen-bond acceptors (Lipinski definition) is 3. The maximum atomic E-state index is 11.0. The van der Waals surface area contributed by atoms with Gasteiger partial charge in [-0.1, -0.05) is 12.1 Å². The van der Waals surface area contributed by atoms with Gasteiger partial charge in [0.1, 0.15) is 5.75 Å². The number of para-hydroxylation sites is 1. The standard InChI is InChI=1S/C14H20O3S/c1-14(2,13(15)16)9-6-10-18-12-8-5-4-7-11(12)17-3/h4-5,7-8H,6,9-10H2,1-3H3,(H,15,16). The lowest BCUT2D eigenvalue weighted by atomic mass is 9.88. The van der Waals surface area contributed by atoms with Crippen LogP contribution in [0.15, 0.2) is 29.2 Å². The van der Waals surface area contributed by atoms with E-state index in [1.807, 2.05) is 24.3 Å². The summed E-state index contributed by atoms with van der Waals surface area (Å²) in [5.41, 5.74) is -0.638. The van der Waals surface area contributed by atoms with Gasteiger partial charge in [0.25, 0.3) is 0 Å². The van der Waals surface area contributed by atoms with Crippen molar-refractivity contribution in [3.8, 4) is 5.75 Å². The van der Waals surface area contributed by atoms with Gasteiger partial charge in [-0.25, -0.2) is 0 Å². The number of rotatable bonds is 7. The van der Waals surface area contributed by atoms with Gasteiger partial charge in [-0.05, 0) is 44.6 Å². The molecule has 4 heteroatoms. The number of ether oxygens (including phenoxy) is 1.